The number of allylic oxidation sites excluding steroid dienone is 2. The normalized spacial score (nSPS) is 23.5. The molecule has 0 bridgehead atoms. The van der Waals surface area contributed by atoms with Crippen LogP contribution in [0.2, 0.25) is 0 Å². The highest BCUT2D eigenvalue weighted by Crippen LogP contribution is 2.42. The van der Waals surface area contributed by atoms with Crippen molar-refractivity contribution in [2.24, 2.45) is 5.92 Å². The van der Waals surface area contributed by atoms with Gasteiger partial charge in [-0.25, -0.2) is 0 Å². The van der Waals surface area contributed by atoms with Gasteiger partial charge in [-0.05, 0) is 42.7 Å². The van der Waals surface area contributed by atoms with E-state index in [2.05, 4.69) is 24.0 Å². The molecule has 206 valence electrons. The van der Waals surface area contributed by atoms with Crippen LogP contribution in [0.5, 0.6) is 0 Å². The number of carbonyl (C=O) groups excluding carboxylic acids is 2. The molecule has 1 aromatic rings. The van der Waals surface area contributed by atoms with Gasteiger partial charge in [-0.15, -0.1) is 11.6 Å². The lowest BCUT2D eigenvalue weighted by molar-refractivity contribution is -0.144. The van der Waals surface area contributed by atoms with Crippen molar-refractivity contribution in [2.45, 2.75) is 82.1 Å². The second-order valence-corrected chi connectivity index (χ2v) is 10.8. The maximum absolute atomic E-state index is 12.8. The molecule has 1 aliphatic carbocycles. The number of benzene rings is 1. The first kappa shape index (κ1) is 29.8. The number of aliphatic hydroxyl groups is 1. The van der Waals surface area contributed by atoms with Crippen molar-refractivity contribution in [2.75, 3.05) is 39.5 Å². The van der Waals surface area contributed by atoms with Gasteiger partial charge in [0.25, 0.3) is 0 Å². The first-order chi connectivity index (χ1) is 18.0. The Labute approximate surface area is 227 Å². The van der Waals surface area contributed by atoms with E-state index in [0.29, 0.717) is 19.4 Å². The van der Waals surface area contributed by atoms with Crippen LogP contribution < -0.4 is 0 Å². The highest BCUT2D eigenvalue weighted by atomic mass is 35.5. The molecule has 1 saturated heterocycles. The van der Waals surface area contributed by atoms with E-state index in [0.717, 1.165) is 88.9 Å². The van der Waals surface area contributed by atoms with E-state index in [1.807, 2.05) is 24.3 Å². The van der Waals surface area contributed by atoms with E-state index in [1.165, 1.54) is 0 Å². The molecule has 7 heteroatoms. The van der Waals surface area contributed by atoms with Gasteiger partial charge in [-0.2, -0.15) is 0 Å². The zero-order valence-electron chi connectivity index (χ0n) is 22.3. The molecule has 1 N–H and O–H groups in total. The van der Waals surface area contributed by atoms with Crippen molar-refractivity contribution in [1.82, 2.24) is 4.90 Å². The Kier molecular flexibility index (Phi) is 13.1. The lowest BCUT2D eigenvalue weighted by Gasteiger charge is -2.26. The van der Waals surface area contributed by atoms with Crippen molar-refractivity contribution in [1.29, 1.82) is 0 Å². The predicted molar refractivity (Wildman–Crippen MR) is 147 cm³/mol. The second-order valence-electron chi connectivity index (χ2n) is 10.3. The van der Waals surface area contributed by atoms with Crippen molar-refractivity contribution in [3.63, 3.8) is 0 Å². The van der Waals surface area contributed by atoms with Gasteiger partial charge in [0.2, 0.25) is 0 Å². The molecule has 1 aromatic carbocycles. The van der Waals surface area contributed by atoms with Gasteiger partial charge >= 0.3 is 5.97 Å². The van der Waals surface area contributed by atoms with E-state index in [9.17, 15) is 14.7 Å². The fraction of sp³-hybridized carbons (Fsp3) is 0.667. The van der Waals surface area contributed by atoms with Gasteiger partial charge in [-0.3, -0.25) is 14.5 Å². The fourth-order valence-electron chi connectivity index (χ4n) is 5.24. The Balaban J connectivity index is 1.39. The smallest absolute Gasteiger partial charge is 0.305 e. The number of esters is 1. The molecule has 2 aliphatic rings. The van der Waals surface area contributed by atoms with Gasteiger partial charge in [0.15, 0.2) is 0 Å². The van der Waals surface area contributed by atoms with Gasteiger partial charge in [0, 0.05) is 43.8 Å². The number of hydrogen-bond acceptors (Lipinski definition) is 6. The van der Waals surface area contributed by atoms with Crippen LogP contribution in [0.3, 0.4) is 0 Å². The minimum Gasteiger partial charge on any atom is -0.464 e. The molecule has 1 unspecified atom stereocenters. The molecule has 2 fully saturated rings. The van der Waals surface area contributed by atoms with Crippen LogP contribution in [0.15, 0.2) is 36.4 Å². The Morgan fingerprint density at radius 3 is 2.68 bits per heavy atom. The molecule has 6 nitrogen and oxygen atoms in total. The van der Waals surface area contributed by atoms with Crippen LogP contribution in [-0.2, 0) is 19.1 Å². The van der Waals surface area contributed by atoms with Crippen molar-refractivity contribution in [3.05, 3.63) is 47.5 Å². The first-order valence-electron chi connectivity index (χ1n) is 14.0. The summed E-state index contributed by atoms with van der Waals surface area (Å²) in [6.45, 7) is 6.63. The SMILES string of the molecule is CCCCCC(O)c1ccc([C@H]2C(=O)C[C@@H](Cl)[C@@H]2CC=CCCCC(=O)OCCN2CCOCC2)cc1. The molecule has 0 amide bonds. The second kappa shape index (κ2) is 16.3. The van der Waals surface area contributed by atoms with Crippen molar-refractivity contribution < 1.29 is 24.2 Å². The van der Waals surface area contributed by atoms with E-state index >= 15 is 0 Å². The molecule has 37 heavy (non-hydrogen) atoms. The molecular weight excluding hydrogens is 490 g/mol. The summed E-state index contributed by atoms with van der Waals surface area (Å²) in [6.07, 6.45) is 10.8. The highest BCUT2D eigenvalue weighted by molar-refractivity contribution is 6.23. The summed E-state index contributed by atoms with van der Waals surface area (Å²) in [6, 6.07) is 7.87. The number of alkyl halides is 1. The molecule has 0 aromatic heterocycles. The molecule has 1 aliphatic heterocycles. The molecule has 1 heterocycles. The number of Topliss-reactive ketones (excluding diaryl/α,β-unsaturated/α-hetero) is 1. The maximum atomic E-state index is 12.8. The van der Waals surface area contributed by atoms with E-state index in [4.69, 9.17) is 21.1 Å². The van der Waals surface area contributed by atoms with Crippen LogP contribution in [0.1, 0.15) is 87.9 Å². The van der Waals surface area contributed by atoms with Gasteiger partial charge < -0.3 is 14.6 Å². The molecular formula is C30H44ClNO5. The lowest BCUT2D eigenvalue weighted by atomic mass is 9.85. The minimum absolute atomic E-state index is 0.0518. The Hall–Kier alpha value is -1.73. The Morgan fingerprint density at radius 2 is 1.95 bits per heavy atom. The van der Waals surface area contributed by atoms with Crippen molar-refractivity contribution in [3.8, 4) is 0 Å². The molecule has 3 rings (SSSR count). The number of halogens is 1. The van der Waals surface area contributed by atoms with Crippen LogP contribution in [0, 0.1) is 5.92 Å². The summed E-state index contributed by atoms with van der Waals surface area (Å²) >= 11 is 6.59. The number of unbranched alkanes of at least 4 members (excludes halogenated alkanes) is 3. The number of aliphatic hydroxyl groups excluding tert-OH is 1. The summed E-state index contributed by atoms with van der Waals surface area (Å²) < 4.78 is 10.7. The van der Waals surface area contributed by atoms with Crippen LogP contribution in [0.25, 0.3) is 0 Å². The van der Waals surface area contributed by atoms with Gasteiger partial charge in [-0.1, -0.05) is 62.6 Å². The Bertz CT molecular complexity index is 852. The number of nitrogens with zero attached hydrogens (tertiary/aromatic N) is 1. The third-order valence-corrected chi connectivity index (χ3v) is 7.98. The van der Waals surface area contributed by atoms with Crippen LogP contribution >= 0.6 is 11.6 Å². The lowest BCUT2D eigenvalue weighted by Crippen LogP contribution is -2.38. The zero-order valence-corrected chi connectivity index (χ0v) is 23.0. The molecule has 1 saturated carbocycles. The number of rotatable bonds is 15. The van der Waals surface area contributed by atoms with E-state index < -0.39 is 6.10 Å². The quantitative estimate of drug-likeness (QED) is 0.137. The van der Waals surface area contributed by atoms with Crippen LogP contribution in [-0.4, -0.2) is 66.6 Å². The standard InChI is InChI=1S/C30H44ClNO5/c1-2-3-6-10-27(33)23-12-14-24(15-13-23)30-25(26(31)22-28(30)34)9-7-4-5-8-11-29(35)37-21-18-32-16-19-36-20-17-32/h4,7,12-15,25-27,30,33H,2-3,5-6,8-11,16-22H2,1H3/t25-,26+,27?,30+/m0/s1. The summed E-state index contributed by atoms with van der Waals surface area (Å²) in [5.41, 5.74) is 1.89. The molecule has 0 spiro atoms. The van der Waals surface area contributed by atoms with Gasteiger partial charge in [0.05, 0.1) is 19.3 Å². The predicted octanol–water partition coefficient (Wildman–Crippen LogP) is 5.57. The number of ketones is 1. The summed E-state index contributed by atoms with van der Waals surface area (Å²) in [5, 5.41) is 10.3. The highest BCUT2D eigenvalue weighted by Gasteiger charge is 2.41. The molecule has 4 atom stereocenters. The van der Waals surface area contributed by atoms with Crippen LogP contribution in [0.4, 0.5) is 0 Å². The molecule has 0 radical (unpaired) electrons. The number of ether oxygens (including phenoxy) is 2. The summed E-state index contributed by atoms with van der Waals surface area (Å²) in [4.78, 5) is 27.0. The average Bonchev–Trinajstić information content (AvgIpc) is 3.19. The monoisotopic (exact) mass is 533 g/mol. The Morgan fingerprint density at radius 1 is 1.19 bits per heavy atom. The third kappa shape index (κ3) is 9.82. The number of carbonyl (C=O) groups is 2. The minimum atomic E-state index is -0.457. The average molecular weight is 534 g/mol. The number of morpholine rings is 1. The first-order valence-corrected chi connectivity index (χ1v) is 14.5. The van der Waals surface area contributed by atoms with Crippen molar-refractivity contribution >= 4 is 23.4 Å². The van der Waals surface area contributed by atoms with Gasteiger partial charge in [0.1, 0.15) is 12.4 Å². The topological polar surface area (TPSA) is 76.1 Å². The van der Waals surface area contributed by atoms with E-state index in [-0.39, 0.29) is 29.0 Å². The fourth-order valence-corrected chi connectivity index (χ4v) is 5.64. The maximum Gasteiger partial charge on any atom is 0.305 e. The summed E-state index contributed by atoms with van der Waals surface area (Å²) in [5.74, 6) is -0.117. The summed E-state index contributed by atoms with van der Waals surface area (Å²) in [7, 11) is 0. The van der Waals surface area contributed by atoms with E-state index in [1.54, 1.807) is 0 Å². The zero-order chi connectivity index (χ0) is 26.5. The number of hydrogen-bond donors (Lipinski definition) is 1. The third-order valence-electron chi connectivity index (χ3n) is 7.50. The largest absolute Gasteiger partial charge is 0.464 e.